The Morgan fingerprint density at radius 3 is 2.46 bits per heavy atom. The van der Waals surface area contributed by atoms with Gasteiger partial charge in [0.15, 0.2) is 5.75 Å². The molecule has 5 nitrogen and oxygen atoms in total. The first-order valence-corrected chi connectivity index (χ1v) is 7.48. The molecule has 2 aromatic carbocycles. The molecule has 1 heterocycles. The van der Waals surface area contributed by atoms with E-state index in [1.54, 1.807) is 44.7 Å². The number of phenolic OH excluding ortho intramolecular Hbond substituents is 1. The first kappa shape index (κ1) is 15.8. The number of methoxy groups -OCH3 is 2. The normalized spacial score (nSPS) is 11.1. The Hall–Kier alpha value is -3.08. The average molecular weight is 322 g/mol. The lowest BCUT2D eigenvalue weighted by atomic mass is 10.1. The van der Waals surface area contributed by atoms with Gasteiger partial charge in [0.25, 0.3) is 0 Å². The number of aryl methyl sites for hydroxylation is 1. The maximum Gasteiger partial charge on any atom is 0.154 e. The van der Waals surface area contributed by atoms with Gasteiger partial charge < -0.3 is 14.6 Å². The molecule has 0 fully saturated rings. The molecule has 0 aliphatic heterocycles. The summed E-state index contributed by atoms with van der Waals surface area (Å²) in [6.07, 6.45) is 1.71. The Morgan fingerprint density at radius 2 is 1.79 bits per heavy atom. The van der Waals surface area contributed by atoms with Gasteiger partial charge in [0, 0.05) is 23.4 Å². The van der Waals surface area contributed by atoms with E-state index in [-0.39, 0.29) is 5.75 Å². The van der Waals surface area contributed by atoms with Gasteiger partial charge in [0.2, 0.25) is 0 Å². The van der Waals surface area contributed by atoms with Crippen molar-refractivity contribution in [3.8, 4) is 17.2 Å². The summed E-state index contributed by atoms with van der Waals surface area (Å²) in [4.78, 5) is 9.06. The van der Waals surface area contributed by atoms with Crippen molar-refractivity contribution in [2.24, 2.45) is 4.99 Å². The summed E-state index contributed by atoms with van der Waals surface area (Å²) in [5.74, 6) is 1.51. The van der Waals surface area contributed by atoms with Crippen LogP contribution in [0.25, 0.3) is 10.9 Å². The highest BCUT2D eigenvalue weighted by Crippen LogP contribution is 2.40. The lowest BCUT2D eigenvalue weighted by Crippen LogP contribution is -1.94. The fourth-order valence-electron chi connectivity index (χ4n) is 2.49. The smallest absolute Gasteiger partial charge is 0.154 e. The Kier molecular flexibility index (Phi) is 4.33. The topological polar surface area (TPSA) is 63.9 Å². The fraction of sp³-hybridized carbons (Fsp3) is 0.158. The summed E-state index contributed by atoms with van der Waals surface area (Å²) < 4.78 is 11.0. The number of pyridine rings is 1. The van der Waals surface area contributed by atoms with E-state index in [0.717, 1.165) is 22.2 Å². The van der Waals surface area contributed by atoms with Gasteiger partial charge in [-0.1, -0.05) is 0 Å². The largest absolute Gasteiger partial charge is 0.508 e. The summed E-state index contributed by atoms with van der Waals surface area (Å²) in [7, 11) is 3.22. The summed E-state index contributed by atoms with van der Waals surface area (Å²) in [5, 5.41) is 10.2. The zero-order valence-corrected chi connectivity index (χ0v) is 13.8. The number of hydrogen-bond donors (Lipinski definition) is 1. The van der Waals surface area contributed by atoms with Gasteiger partial charge in [-0.25, -0.2) is 4.98 Å². The van der Waals surface area contributed by atoms with E-state index >= 15 is 0 Å². The van der Waals surface area contributed by atoms with Crippen molar-refractivity contribution in [1.29, 1.82) is 0 Å². The van der Waals surface area contributed by atoms with Crippen LogP contribution < -0.4 is 9.47 Å². The maximum absolute atomic E-state index is 9.35. The monoisotopic (exact) mass is 322 g/mol. The molecule has 3 rings (SSSR count). The van der Waals surface area contributed by atoms with Crippen molar-refractivity contribution in [3.63, 3.8) is 0 Å². The molecule has 1 aromatic heterocycles. The molecule has 0 bridgehead atoms. The summed E-state index contributed by atoms with van der Waals surface area (Å²) in [6.45, 7) is 1.93. The Bertz CT molecular complexity index is 903. The standard InChI is InChI=1S/C19H18N2O3/c1-12-4-9-15-18(21-12)17(23-2)10-16(19(15)24-3)20-11-13-5-7-14(22)8-6-13/h4-11,22H,1-3H3. The Morgan fingerprint density at radius 1 is 1.04 bits per heavy atom. The highest BCUT2D eigenvalue weighted by molar-refractivity contribution is 5.96. The van der Waals surface area contributed by atoms with Crippen LogP contribution in [0.4, 0.5) is 5.69 Å². The molecule has 0 atom stereocenters. The van der Waals surface area contributed by atoms with Crippen LogP contribution in [0.15, 0.2) is 47.5 Å². The zero-order chi connectivity index (χ0) is 17.1. The average Bonchev–Trinajstić information content (AvgIpc) is 2.60. The summed E-state index contributed by atoms with van der Waals surface area (Å²) in [6, 6.07) is 12.5. The lowest BCUT2D eigenvalue weighted by molar-refractivity contribution is 0.411. The van der Waals surface area contributed by atoms with Crippen molar-refractivity contribution in [2.45, 2.75) is 6.92 Å². The van der Waals surface area contributed by atoms with Gasteiger partial charge in [0.05, 0.1) is 14.2 Å². The minimum absolute atomic E-state index is 0.221. The first-order valence-electron chi connectivity index (χ1n) is 7.48. The molecule has 0 spiro atoms. The van der Waals surface area contributed by atoms with Gasteiger partial charge in [0.1, 0.15) is 22.7 Å². The van der Waals surface area contributed by atoms with Crippen molar-refractivity contribution in [3.05, 3.63) is 53.7 Å². The molecule has 0 unspecified atom stereocenters. The van der Waals surface area contributed by atoms with E-state index in [1.807, 2.05) is 25.1 Å². The van der Waals surface area contributed by atoms with E-state index in [9.17, 15) is 5.11 Å². The summed E-state index contributed by atoms with van der Waals surface area (Å²) >= 11 is 0. The molecular weight excluding hydrogens is 304 g/mol. The zero-order valence-electron chi connectivity index (χ0n) is 13.8. The molecule has 0 saturated carbocycles. The number of ether oxygens (including phenoxy) is 2. The van der Waals surface area contributed by atoms with E-state index in [2.05, 4.69) is 9.98 Å². The van der Waals surface area contributed by atoms with E-state index < -0.39 is 0 Å². The second kappa shape index (κ2) is 6.58. The van der Waals surface area contributed by atoms with Gasteiger partial charge in [-0.3, -0.25) is 4.99 Å². The highest BCUT2D eigenvalue weighted by atomic mass is 16.5. The number of hydrogen-bond acceptors (Lipinski definition) is 5. The Labute approximate surface area is 140 Å². The Balaban J connectivity index is 2.13. The van der Waals surface area contributed by atoms with E-state index in [4.69, 9.17) is 9.47 Å². The van der Waals surface area contributed by atoms with Crippen molar-refractivity contribution >= 4 is 22.8 Å². The molecule has 1 N–H and O–H groups in total. The van der Waals surface area contributed by atoms with Gasteiger partial charge in [-0.05, 0) is 48.9 Å². The minimum atomic E-state index is 0.221. The number of benzene rings is 2. The van der Waals surface area contributed by atoms with Crippen LogP contribution in [0.2, 0.25) is 0 Å². The number of phenols is 1. The molecule has 0 aliphatic rings. The molecule has 24 heavy (non-hydrogen) atoms. The van der Waals surface area contributed by atoms with Crippen molar-refractivity contribution in [1.82, 2.24) is 4.98 Å². The van der Waals surface area contributed by atoms with Gasteiger partial charge in [-0.15, -0.1) is 0 Å². The van der Waals surface area contributed by atoms with Crippen LogP contribution in [-0.4, -0.2) is 30.5 Å². The van der Waals surface area contributed by atoms with Crippen LogP contribution in [0.3, 0.4) is 0 Å². The van der Waals surface area contributed by atoms with Gasteiger partial charge in [-0.2, -0.15) is 0 Å². The number of nitrogens with zero attached hydrogens (tertiary/aromatic N) is 2. The number of aromatic nitrogens is 1. The van der Waals surface area contributed by atoms with Crippen molar-refractivity contribution < 1.29 is 14.6 Å². The van der Waals surface area contributed by atoms with Crippen LogP contribution in [-0.2, 0) is 0 Å². The molecule has 122 valence electrons. The third-order valence-corrected chi connectivity index (χ3v) is 3.68. The predicted octanol–water partition coefficient (Wildman–Crippen LogP) is 4.02. The maximum atomic E-state index is 9.35. The van der Waals surface area contributed by atoms with Crippen LogP contribution >= 0.6 is 0 Å². The second-order valence-corrected chi connectivity index (χ2v) is 5.33. The third kappa shape index (κ3) is 3.01. The lowest BCUT2D eigenvalue weighted by Gasteiger charge is -2.12. The number of fused-ring (bicyclic) bond motifs is 1. The van der Waals surface area contributed by atoms with Crippen LogP contribution in [0, 0.1) is 6.92 Å². The van der Waals surface area contributed by atoms with Gasteiger partial charge >= 0.3 is 0 Å². The highest BCUT2D eigenvalue weighted by Gasteiger charge is 2.14. The molecule has 5 heteroatoms. The van der Waals surface area contributed by atoms with Crippen molar-refractivity contribution in [2.75, 3.05) is 14.2 Å². The molecule has 0 amide bonds. The third-order valence-electron chi connectivity index (χ3n) is 3.68. The first-order chi connectivity index (χ1) is 11.6. The predicted molar refractivity (Wildman–Crippen MR) is 94.9 cm³/mol. The minimum Gasteiger partial charge on any atom is -0.508 e. The molecule has 0 aliphatic carbocycles. The number of aromatic hydroxyl groups is 1. The second-order valence-electron chi connectivity index (χ2n) is 5.33. The molecule has 0 radical (unpaired) electrons. The van der Waals surface area contributed by atoms with E-state index in [1.165, 1.54) is 0 Å². The molecule has 0 saturated heterocycles. The number of rotatable bonds is 4. The molecule has 3 aromatic rings. The number of aliphatic imine (C=N–C) groups is 1. The fourth-order valence-corrected chi connectivity index (χ4v) is 2.49. The summed E-state index contributed by atoms with van der Waals surface area (Å²) in [5.41, 5.74) is 3.18. The quantitative estimate of drug-likeness (QED) is 0.737. The van der Waals surface area contributed by atoms with Crippen LogP contribution in [0.1, 0.15) is 11.3 Å². The SMILES string of the molecule is COc1c(N=Cc2ccc(O)cc2)cc(OC)c2nc(C)ccc12. The molecular formula is C19H18N2O3. The van der Waals surface area contributed by atoms with E-state index in [0.29, 0.717) is 17.2 Å². The van der Waals surface area contributed by atoms with Crippen LogP contribution in [0.5, 0.6) is 17.2 Å².